The zero-order chi connectivity index (χ0) is 10.3. The molecule has 2 rings (SSSR count). The van der Waals surface area contributed by atoms with Crippen molar-refractivity contribution in [1.82, 2.24) is 9.38 Å². The van der Waals surface area contributed by atoms with Crippen molar-refractivity contribution in [1.29, 1.82) is 0 Å². The molecule has 0 amide bonds. The predicted octanol–water partition coefficient (Wildman–Crippen LogP) is 2.14. The Morgan fingerprint density at radius 3 is 2.93 bits per heavy atom. The lowest BCUT2D eigenvalue weighted by Gasteiger charge is -1.99. The Morgan fingerprint density at radius 2 is 2.29 bits per heavy atom. The highest BCUT2D eigenvalue weighted by atomic mass is 32.1. The molecule has 0 radical (unpaired) electrons. The highest BCUT2D eigenvalue weighted by Gasteiger charge is 2.12. The molecule has 0 spiro atoms. The molecule has 0 saturated heterocycles. The van der Waals surface area contributed by atoms with E-state index in [0.29, 0.717) is 6.42 Å². The Kier molecular flexibility index (Phi) is 2.15. The largest absolute Gasteiger partial charge is 0.300 e. The third-order valence-corrected chi connectivity index (χ3v) is 3.19. The van der Waals surface area contributed by atoms with Gasteiger partial charge in [-0.05, 0) is 20.8 Å². The minimum atomic E-state index is 0.181. The van der Waals surface area contributed by atoms with Crippen LogP contribution in [0.1, 0.15) is 24.0 Å². The summed E-state index contributed by atoms with van der Waals surface area (Å²) in [6, 6.07) is 0. The van der Waals surface area contributed by atoms with Gasteiger partial charge in [-0.25, -0.2) is 4.98 Å². The monoisotopic (exact) mass is 208 g/mol. The van der Waals surface area contributed by atoms with Crippen molar-refractivity contribution in [2.75, 3.05) is 0 Å². The number of hydrogen-bond acceptors (Lipinski definition) is 3. The highest BCUT2D eigenvalue weighted by molar-refractivity contribution is 7.15. The van der Waals surface area contributed by atoms with Crippen molar-refractivity contribution < 1.29 is 4.79 Å². The number of hydrogen-bond donors (Lipinski definition) is 0. The van der Waals surface area contributed by atoms with Gasteiger partial charge in [0.15, 0.2) is 4.96 Å². The van der Waals surface area contributed by atoms with E-state index < -0.39 is 0 Å². The zero-order valence-corrected chi connectivity index (χ0v) is 9.31. The van der Waals surface area contributed by atoms with Gasteiger partial charge in [0.05, 0.1) is 11.4 Å². The first-order valence-electron chi connectivity index (χ1n) is 4.51. The predicted molar refractivity (Wildman–Crippen MR) is 56.9 cm³/mol. The van der Waals surface area contributed by atoms with Crippen molar-refractivity contribution >= 4 is 22.1 Å². The molecule has 0 bridgehead atoms. The van der Waals surface area contributed by atoms with Crippen molar-refractivity contribution in [2.45, 2.75) is 27.2 Å². The Labute approximate surface area is 86.4 Å². The molecule has 0 aliphatic rings. The summed E-state index contributed by atoms with van der Waals surface area (Å²) in [5.41, 5.74) is 3.16. The maximum absolute atomic E-state index is 11.1. The first kappa shape index (κ1) is 9.40. The zero-order valence-electron chi connectivity index (χ0n) is 8.50. The number of thiazole rings is 1. The van der Waals surface area contributed by atoms with Crippen LogP contribution in [0.2, 0.25) is 0 Å². The minimum absolute atomic E-state index is 0.181. The lowest BCUT2D eigenvalue weighted by Crippen LogP contribution is -2.02. The van der Waals surface area contributed by atoms with Crippen LogP contribution in [0, 0.1) is 13.8 Å². The number of ketones is 1. The molecule has 0 saturated carbocycles. The van der Waals surface area contributed by atoms with Crippen molar-refractivity contribution in [3.05, 3.63) is 22.5 Å². The average molecular weight is 208 g/mol. The van der Waals surface area contributed by atoms with Gasteiger partial charge in [0, 0.05) is 17.5 Å². The summed E-state index contributed by atoms with van der Waals surface area (Å²) < 4.78 is 2.07. The van der Waals surface area contributed by atoms with E-state index in [1.54, 1.807) is 18.3 Å². The summed E-state index contributed by atoms with van der Waals surface area (Å²) >= 11 is 1.62. The number of aryl methyl sites for hydroxylation is 2. The van der Waals surface area contributed by atoms with Gasteiger partial charge >= 0.3 is 0 Å². The molecule has 0 unspecified atom stereocenters. The first-order chi connectivity index (χ1) is 6.59. The smallest absolute Gasteiger partial charge is 0.194 e. The minimum Gasteiger partial charge on any atom is -0.300 e. The van der Waals surface area contributed by atoms with E-state index in [1.165, 1.54) is 0 Å². The number of Topliss-reactive ketones (excluding diaryl/α,β-unsaturated/α-hetero) is 1. The fourth-order valence-corrected chi connectivity index (χ4v) is 2.54. The Hall–Kier alpha value is -1.16. The van der Waals surface area contributed by atoms with Crippen LogP contribution in [0.25, 0.3) is 4.96 Å². The van der Waals surface area contributed by atoms with E-state index >= 15 is 0 Å². The van der Waals surface area contributed by atoms with Crippen molar-refractivity contribution in [2.24, 2.45) is 0 Å². The van der Waals surface area contributed by atoms with Gasteiger partial charge < -0.3 is 0 Å². The lowest BCUT2D eigenvalue weighted by atomic mass is 10.2. The number of carbonyl (C=O) groups is 1. The van der Waals surface area contributed by atoms with Crippen LogP contribution in [0.5, 0.6) is 0 Å². The fourth-order valence-electron chi connectivity index (χ4n) is 1.61. The van der Waals surface area contributed by atoms with Gasteiger partial charge in [-0.1, -0.05) is 0 Å². The highest BCUT2D eigenvalue weighted by Crippen LogP contribution is 2.20. The Balaban J connectivity index is 2.64. The second kappa shape index (κ2) is 3.20. The molecule has 0 N–H and O–H groups in total. The van der Waals surface area contributed by atoms with Crippen molar-refractivity contribution in [3.8, 4) is 0 Å². The number of fused-ring (bicyclic) bond motifs is 1. The molecule has 14 heavy (non-hydrogen) atoms. The Bertz CT molecular complexity index is 495. The number of imidazole rings is 1. The van der Waals surface area contributed by atoms with Crippen LogP contribution in [0.15, 0.2) is 5.38 Å². The SMILES string of the molecule is CC(=O)Cc1c(C)nc2scc(C)n12. The van der Waals surface area contributed by atoms with Crippen LogP contribution < -0.4 is 0 Å². The van der Waals surface area contributed by atoms with Gasteiger partial charge in [-0.2, -0.15) is 0 Å². The van der Waals surface area contributed by atoms with Gasteiger partial charge in [0.2, 0.25) is 0 Å². The molecule has 0 atom stereocenters. The Morgan fingerprint density at radius 1 is 1.57 bits per heavy atom. The third-order valence-electron chi connectivity index (χ3n) is 2.25. The maximum atomic E-state index is 11.1. The first-order valence-corrected chi connectivity index (χ1v) is 5.39. The summed E-state index contributed by atoms with van der Waals surface area (Å²) in [4.78, 5) is 16.5. The summed E-state index contributed by atoms with van der Waals surface area (Å²) in [6.07, 6.45) is 0.477. The standard InChI is InChI=1S/C10H12N2OS/c1-6-5-14-10-11-8(3)9(12(6)10)4-7(2)13/h5H,4H2,1-3H3. The molecule has 4 heteroatoms. The molecule has 0 aromatic carbocycles. The van der Waals surface area contributed by atoms with E-state index in [-0.39, 0.29) is 5.78 Å². The van der Waals surface area contributed by atoms with Crippen LogP contribution in [-0.4, -0.2) is 15.2 Å². The summed E-state index contributed by atoms with van der Waals surface area (Å²) in [6.45, 7) is 5.60. The van der Waals surface area contributed by atoms with E-state index in [9.17, 15) is 4.79 Å². The fraction of sp³-hybridized carbons (Fsp3) is 0.400. The molecule has 2 aromatic heterocycles. The van der Waals surface area contributed by atoms with Gasteiger partial charge in [-0.15, -0.1) is 11.3 Å². The van der Waals surface area contributed by atoms with Gasteiger partial charge in [0.1, 0.15) is 5.78 Å². The molecule has 0 fully saturated rings. The average Bonchev–Trinajstić information content (AvgIpc) is 2.56. The van der Waals surface area contributed by atoms with Crippen LogP contribution in [0.3, 0.4) is 0 Å². The topological polar surface area (TPSA) is 34.4 Å². The van der Waals surface area contributed by atoms with Crippen LogP contribution in [0.4, 0.5) is 0 Å². The van der Waals surface area contributed by atoms with Gasteiger partial charge in [-0.3, -0.25) is 9.20 Å². The van der Waals surface area contributed by atoms with Crippen LogP contribution in [-0.2, 0) is 11.2 Å². The maximum Gasteiger partial charge on any atom is 0.194 e. The number of rotatable bonds is 2. The van der Waals surface area contributed by atoms with E-state index in [2.05, 4.69) is 14.8 Å². The van der Waals surface area contributed by atoms with E-state index in [0.717, 1.165) is 22.0 Å². The molecule has 0 aliphatic carbocycles. The van der Waals surface area contributed by atoms with E-state index in [4.69, 9.17) is 0 Å². The van der Waals surface area contributed by atoms with Gasteiger partial charge in [0.25, 0.3) is 0 Å². The van der Waals surface area contributed by atoms with E-state index in [1.807, 2.05) is 13.8 Å². The molecular formula is C10H12N2OS. The van der Waals surface area contributed by atoms with Crippen LogP contribution >= 0.6 is 11.3 Å². The van der Waals surface area contributed by atoms with Crippen molar-refractivity contribution in [3.63, 3.8) is 0 Å². The molecule has 74 valence electrons. The summed E-state index contributed by atoms with van der Waals surface area (Å²) in [5.74, 6) is 0.181. The number of aromatic nitrogens is 2. The molecular weight excluding hydrogens is 196 g/mol. The summed E-state index contributed by atoms with van der Waals surface area (Å²) in [5, 5.41) is 2.06. The molecule has 2 heterocycles. The molecule has 0 aliphatic heterocycles. The number of nitrogens with zero attached hydrogens (tertiary/aromatic N) is 2. The second-order valence-corrected chi connectivity index (χ2v) is 4.35. The molecule has 2 aromatic rings. The summed E-state index contributed by atoms with van der Waals surface area (Å²) in [7, 11) is 0. The quantitative estimate of drug-likeness (QED) is 0.757. The number of carbonyl (C=O) groups excluding carboxylic acids is 1. The third kappa shape index (κ3) is 1.35. The molecule has 3 nitrogen and oxygen atoms in total. The normalized spacial score (nSPS) is 11.1. The lowest BCUT2D eigenvalue weighted by molar-refractivity contribution is -0.116. The second-order valence-electron chi connectivity index (χ2n) is 3.52.